The molecule has 1 saturated carbocycles. The van der Waals surface area contributed by atoms with Gasteiger partial charge < -0.3 is 15.8 Å². The van der Waals surface area contributed by atoms with E-state index in [1.807, 2.05) is 0 Å². The summed E-state index contributed by atoms with van der Waals surface area (Å²) in [5, 5.41) is 3.15. The van der Waals surface area contributed by atoms with Crippen molar-refractivity contribution in [3.63, 3.8) is 0 Å². The molecule has 0 unspecified atom stereocenters. The quantitative estimate of drug-likeness (QED) is 0.759. The van der Waals surface area contributed by atoms with Gasteiger partial charge in [-0.05, 0) is 32.2 Å². The molecule has 1 aliphatic carbocycles. The number of ether oxygens (including phenoxy) is 1. The van der Waals surface area contributed by atoms with E-state index < -0.39 is 0 Å². The molecule has 1 heterocycles. The number of carbonyl (C=O) groups excluding carboxylic acids is 1. The first kappa shape index (κ1) is 15.7. The van der Waals surface area contributed by atoms with Crippen LogP contribution in [0.1, 0.15) is 45.4 Å². The number of carbonyl (C=O) groups is 1. The van der Waals surface area contributed by atoms with Crippen LogP contribution in [-0.2, 0) is 9.53 Å². The average Bonchev–Trinajstić information content (AvgIpc) is 2.96. The van der Waals surface area contributed by atoms with E-state index in [-0.39, 0.29) is 17.5 Å². The third-order valence-electron chi connectivity index (χ3n) is 4.89. The molecule has 5 heteroatoms. The van der Waals surface area contributed by atoms with Crippen LogP contribution in [0.5, 0.6) is 0 Å². The fourth-order valence-electron chi connectivity index (χ4n) is 3.59. The molecule has 2 aliphatic rings. The standard InChI is InChI=1S/C15H29N3O2/c1-2-18(15(12-16)7-3-4-8-15)11-14(19)17-13-5-9-20-10-6-13/h13H,2-12,16H2,1H3,(H,17,19). The molecule has 0 bridgehead atoms. The van der Waals surface area contributed by atoms with Crippen LogP contribution in [0.15, 0.2) is 0 Å². The van der Waals surface area contributed by atoms with Gasteiger partial charge in [-0.15, -0.1) is 0 Å². The smallest absolute Gasteiger partial charge is 0.234 e. The molecule has 2 fully saturated rings. The Morgan fingerprint density at radius 3 is 2.55 bits per heavy atom. The van der Waals surface area contributed by atoms with Gasteiger partial charge in [0.25, 0.3) is 0 Å². The lowest BCUT2D eigenvalue weighted by molar-refractivity contribution is -0.125. The van der Waals surface area contributed by atoms with Crippen LogP contribution in [0.4, 0.5) is 0 Å². The van der Waals surface area contributed by atoms with Gasteiger partial charge in [-0.1, -0.05) is 19.8 Å². The van der Waals surface area contributed by atoms with E-state index in [0.29, 0.717) is 13.1 Å². The fourth-order valence-corrected chi connectivity index (χ4v) is 3.59. The van der Waals surface area contributed by atoms with Crippen molar-refractivity contribution in [2.45, 2.75) is 57.0 Å². The average molecular weight is 283 g/mol. The molecule has 0 radical (unpaired) electrons. The summed E-state index contributed by atoms with van der Waals surface area (Å²) in [5.74, 6) is 0.137. The van der Waals surface area contributed by atoms with E-state index in [9.17, 15) is 4.79 Å². The third kappa shape index (κ3) is 3.71. The molecule has 0 atom stereocenters. The van der Waals surface area contributed by atoms with E-state index >= 15 is 0 Å². The van der Waals surface area contributed by atoms with Gasteiger partial charge in [-0.3, -0.25) is 9.69 Å². The maximum atomic E-state index is 12.3. The highest BCUT2D eigenvalue weighted by atomic mass is 16.5. The first-order chi connectivity index (χ1) is 9.70. The van der Waals surface area contributed by atoms with Gasteiger partial charge in [0.1, 0.15) is 0 Å². The van der Waals surface area contributed by atoms with Gasteiger partial charge in [0.05, 0.1) is 6.54 Å². The van der Waals surface area contributed by atoms with E-state index in [2.05, 4.69) is 17.1 Å². The first-order valence-electron chi connectivity index (χ1n) is 8.02. The van der Waals surface area contributed by atoms with Crippen molar-refractivity contribution >= 4 is 5.91 Å². The van der Waals surface area contributed by atoms with Gasteiger partial charge in [0.2, 0.25) is 5.91 Å². The fraction of sp³-hybridized carbons (Fsp3) is 0.933. The Kier molecular flexibility index (Phi) is 5.81. The number of likely N-dealkylation sites (N-methyl/N-ethyl adjacent to an activating group) is 1. The normalized spacial score (nSPS) is 23.1. The number of hydrogen-bond donors (Lipinski definition) is 2. The molecule has 0 aromatic carbocycles. The van der Waals surface area contributed by atoms with Crippen LogP contribution in [0.25, 0.3) is 0 Å². The van der Waals surface area contributed by atoms with Crippen LogP contribution in [0.2, 0.25) is 0 Å². The molecule has 5 nitrogen and oxygen atoms in total. The summed E-state index contributed by atoms with van der Waals surface area (Å²) in [6, 6.07) is 0.285. The molecule has 116 valence electrons. The molecule has 1 aliphatic heterocycles. The third-order valence-corrected chi connectivity index (χ3v) is 4.89. The van der Waals surface area contributed by atoms with Crippen molar-refractivity contribution in [2.75, 3.05) is 32.8 Å². The zero-order valence-corrected chi connectivity index (χ0v) is 12.7. The maximum Gasteiger partial charge on any atom is 0.234 e. The lowest BCUT2D eigenvalue weighted by atomic mass is 9.95. The number of nitrogens with two attached hydrogens (primary N) is 1. The minimum absolute atomic E-state index is 0.0573. The number of amides is 1. The number of rotatable bonds is 6. The molecule has 0 aromatic heterocycles. The van der Waals surface area contributed by atoms with Gasteiger partial charge in [-0.25, -0.2) is 0 Å². The lowest BCUT2D eigenvalue weighted by Crippen LogP contribution is -2.55. The summed E-state index contributed by atoms with van der Waals surface area (Å²) < 4.78 is 5.32. The zero-order chi connectivity index (χ0) is 14.4. The Morgan fingerprint density at radius 1 is 1.35 bits per heavy atom. The second-order valence-corrected chi connectivity index (χ2v) is 6.10. The second kappa shape index (κ2) is 7.38. The van der Waals surface area contributed by atoms with Gasteiger partial charge >= 0.3 is 0 Å². The second-order valence-electron chi connectivity index (χ2n) is 6.10. The molecular formula is C15H29N3O2. The first-order valence-corrected chi connectivity index (χ1v) is 8.02. The monoisotopic (exact) mass is 283 g/mol. The molecule has 1 amide bonds. The summed E-state index contributed by atoms with van der Waals surface area (Å²) in [6.07, 6.45) is 6.58. The largest absolute Gasteiger partial charge is 0.381 e. The topological polar surface area (TPSA) is 67.6 Å². The van der Waals surface area contributed by atoms with Crippen molar-refractivity contribution in [1.29, 1.82) is 0 Å². The molecule has 1 saturated heterocycles. The molecule has 2 rings (SSSR count). The highest BCUT2D eigenvalue weighted by molar-refractivity contribution is 5.78. The van der Waals surface area contributed by atoms with Crippen LogP contribution >= 0.6 is 0 Å². The van der Waals surface area contributed by atoms with Crippen LogP contribution in [0, 0.1) is 0 Å². The van der Waals surface area contributed by atoms with Crippen LogP contribution < -0.4 is 11.1 Å². The maximum absolute atomic E-state index is 12.3. The van der Waals surface area contributed by atoms with Crippen molar-refractivity contribution in [2.24, 2.45) is 5.73 Å². The highest BCUT2D eigenvalue weighted by Crippen LogP contribution is 2.34. The van der Waals surface area contributed by atoms with E-state index in [1.54, 1.807) is 0 Å². The number of nitrogens with zero attached hydrogens (tertiary/aromatic N) is 1. The number of nitrogens with one attached hydrogen (secondary N) is 1. The Morgan fingerprint density at radius 2 is 2.00 bits per heavy atom. The Labute approximate surface area is 122 Å². The number of hydrogen-bond acceptors (Lipinski definition) is 4. The SMILES string of the molecule is CCN(CC(=O)NC1CCOCC1)C1(CN)CCCC1. The van der Waals surface area contributed by atoms with Crippen molar-refractivity contribution in [1.82, 2.24) is 10.2 Å². The molecule has 3 N–H and O–H groups in total. The zero-order valence-electron chi connectivity index (χ0n) is 12.7. The van der Waals surface area contributed by atoms with Crippen LogP contribution in [-0.4, -0.2) is 55.2 Å². The minimum atomic E-state index is 0.0573. The Bertz CT molecular complexity index is 310. The van der Waals surface area contributed by atoms with E-state index in [4.69, 9.17) is 10.5 Å². The molecule has 0 spiro atoms. The van der Waals surface area contributed by atoms with Crippen molar-refractivity contribution < 1.29 is 9.53 Å². The van der Waals surface area contributed by atoms with Crippen molar-refractivity contribution in [3.05, 3.63) is 0 Å². The van der Waals surface area contributed by atoms with E-state index in [1.165, 1.54) is 12.8 Å². The summed E-state index contributed by atoms with van der Waals surface area (Å²) in [6.45, 7) is 5.66. The summed E-state index contributed by atoms with van der Waals surface area (Å²) in [7, 11) is 0. The van der Waals surface area contributed by atoms with Crippen LogP contribution in [0.3, 0.4) is 0 Å². The van der Waals surface area contributed by atoms with Gasteiger partial charge in [0, 0.05) is 31.3 Å². The summed E-state index contributed by atoms with van der Waals surface area (Å²) in [5.41, 5.74) is 6.07. The lowest BCUT2D eigenvalue weighted by Gasteiger charge is -2.40. The van der Waals surface area contributed by atoms with Gasteiger partial charge in [-0.2, -0.15) is 0 Å². The summed E-state index contributed by atoms with van der Waals surface area (Å²) >= 11 is 0. The highest BCUT2D eigenvalue weighted by Gasteiger charge is 2.38. The predicted octanol–water partition coefficient (Wildman–Crippen LogP) is 0.875. The predicted molar refractivity (Wildman–Crippen MR) is 79.5 cm³/mol. The molecule has 20 heavy (non-hydrogen) atoms. The molecular weight excluding hydrogens is 254 g/mol. The van der Waals surface area contributed by atoms with E-state index in [0.717, 1.165) is 45.4 Å². The van der Waals surface area contributed by atoms with Gasteiger partial charge in [0.15, 0.2) is 0 Å². The Hall–Kier alpha value is -0.650. The summed E-state index contributed by atoms with van der Waals surface area (Å²) in [4.78, 5) is 14.5. The minimum Gasteiger partial charge on any atom is -0.381 e. The Balaban J connectivity index is 1.86. The molecule has 0 aromatic rings. The van der Waals surface area contributed by atoms with Crippen molar-refractivity contribution in [3.8, 4) is 0 Å².